The molecule has 0 aliphatic heterocycles. The summed E-state index contributed by atoms with van der Waals surface area (Å²) in [6.07, 6.45) is 1.24. The molecule has 0 fully saturated rings. The van der Waals surface area contributed by atoms with E-state index in [2.05, 4.69) is 4.98 Å². The number of aryl methyl sites for hydroxylation is 2. The Labute approximate surface area is 115 Å². The van der Waals surface area contributed by atoms with Crippen molar-refractivity contribution in [2.75, 3.05) is 0 Å². The van der Waals surface area contributed by atoms with Crippen LogP contribution in [0.4, 0.5) is 0 Å². The fourth-order valence-corrected chi connectivity index (χ4v) is 1.98. The molecule has 0 atom stereocenters. The minimum Gasteiger partial charge on any atom is -0.476 e. The summed E-state index contributed by atoms with van der Waals surface area (Å²) >= 11 is 0. The van der Waals surface area contributed by atoms with Crippen molar-refractivity contribution >= 4 is 11.9 Å². The van der Waals surface area contributed by atoms with Gasteiger partial charge in [-0.15, -0.1) is 0 Å². The summed E-state index contributed by atoms with van der Waals surface area (Å²) < 4.78 is 1.33. The number of imidazole rings is 1. The molecule has 0 amide bonds. The van der Waals surface area contributed by atoms with E-state index < -0.39 is 17.6 Å². The van der Waals surface area contributed by atoms with Crippen molar-refractivity contribution in [3.05, 3.63) is 52.6 Å². The molecular weight excluding hydrogens is 260 g/mol. The van der Waals surface area contributed by atoms with Crippen LogP contribution in [0.3, 0.4) is 0 Å². The molecule has 104 valence electrons. The first-order valence-corrected chi connectivity index (χ1v) is 5.98. The van der Waals surface area contributed by atoms with Gasteiger partial charge in [-0.2, -0.15) is 0 Å². The zero-order chi connectivity index (χ0) is 14.9. The average Bonchev–Trinajstić information content (AvgIpc) is 2.78. The zero-order valence-corrected chi connectivity index (χ0v) is 11.1. The molecule has 0 spiro atoms. The van der Waals surface area contributed by atoms with Gasteiger partial charge in [0.25, 0.3) is 0 Å². The third-order valence-electron chi connectivity index (χ3n) is 3.17. The maximum atomic E-state index is 11.2. The highest BCUT2D eigenvalue weighted by molar-refractivity contribution is 5.99. The number of aromatic nitrogens is 2. The SMILES string of the molecule is Cc1ccc(Cn2cnc(C(=O)O)c2C(=O)O)cc1C. The molecule has 0 unspecified atom stereocenters. The summed E-state index contributed by atoms with van der Waals surface area (Å²) in [5.41, 5.74) is 2.38. The second-order valence-electron chi connectivity index (χ2n) is 4.60. The maximum absolute atomic E-state index is 11.2. The monoisotopic (exact) mass is 274 g/mol. The molecule has 2 rings (SSSR count). The van der Waals surface area contributed by atoms with E-state index in [9.17, 15) is 9.59 Å². The van der Waals surface area contributed by atoms with Gasteiger partial charge in [0.05, 0.1) is 6.33 Å². The number of hydrogen-bond donors (Lipinski definition) is 2. The van der Waals surface area contributed by atoms with Crippen molar-refractivity contribution in [2.45, 2.75) is 20.4 Å². The number of benzene rings is 1. The van der Waals surface area contributed by atoms with Gasteiger partial charge in [-0.1, -0.05) is 18.2 Å². The summed E-state index contributed by atoms with van der Waals surface area (Å²) in [4.78, 5) is 25.8. The highest BCUT2D eigenvalue weighted by Crippen LogP contribution is 2.14. The molecule has 0 aliphatic rings. The van der Waals surface area contributed by atoms with Crippen molar-refractivity contribution in [3.8, 4) is 0 Å². The van der Waals surface area contributed by atoms with Gasteiger partial charge in [0.2, 0.25) is 0 Å². The van der Waals surface area contributed by atoms with E-state index in [4.69, 9.17) is 10.2 Å². The van der Waals surface area contributed by atoms with Gasteiger partial charge in [0.15, 0.2) is 11.4 Å². The van der Waals surface area contributed by atoms with Crippen LogP contribution in [0.1, 0.15) is 37.7 Å². The van der Waals surface area contributed by atoms with Crippen LogP contribution in [0.2, 0.25) is 0 Å². The molecular formula is C14H14N2O4. The number of hydrogen-bond acceptors (Lipinski definition) is 3. The minimum atomic E-state index is -1.35. The molecule has 0 bridgehead atoms. The standard InChI is InChI=1S/C14H14N2O4/c1-8-3-4-10(5-9(8)2)6-16-7-15-11(13(17)18)12(16)14(19)20/h3-5,7H,6H2,1-2H3,(H,17,18)(H,19,20). The van der Waals surface area contributed by atoms with Crippen LogP contribution in [-0.4, -0.2) is 31.7 Å². The van der Waals surface area contributed by atoms with Crippen molar-refractivity contribution in [2.24, 2.45) is 0 Å². The van der Waals surface area contributed by atoms with Gasteiger partial charge >= 0.3 is 11.9 Å². The Hall–Kier alpha value is -2.63. The van der Waals surface area contributed by atoms with E-state index in [1.807, 2.05) is 32.0 Å². The first-order valence-electron chi connectivity index (χ1n) is 5.98. The number of carbonyl (C=O) groups is 2. The van der Waals surface area contributed by atoms with Crippen LogP contribution in [0.15, 0.2) is 24.5 Å². The molecule has 1 aromatic heterocycles. The molecule has 2 aromatic rings. The lowest BCUT2D eigenvalue weighted by Crippen LogP contribution is -2.13. The Bertz CT molecular complexity index is 688. The van der Waals surface area contributed by atoms with Crippen molar-refractivity contribution in [3.63, 3.8) is 0 Å². The van der Waals surface area contributed by atoms with Crippen molar-refractivity contribution < 1.29 is 19.8 Å². The second kappa shape index (κ2) is 5.16. The van der Waals surface area contributed by atoms with Gasteiger partial charge in [-0.25, -0.2) is 14.6 Å². The summed E-state index contributed by atoms with van der Waals surface area (Å²) in [5, 5.41) is 18.1. The number of rotatable bonds is 4. The molecule has 6 nitrogen and oxygen atoms in total. The van der Waals surface area contributed by atoms with Gasteiger partial charge in [0.1, 0.15) is 0 Å². The summed E-state index contributed by atoms with van der Waals surface area (Å²) in [6.45, 7) is 4.22. The fraction of sp³-hybridized carbons (Fsp3) is 0.214. The lowest BCUT2D eigenvalue weighted by atomic mass is 10.1. The number of nitrogens with zero attached hydrogens (tertiary/aromatic N) is 2. The third kappa shape index (κ3) is 2.54. The van der Waals surface area contributed by atoms with E-state index in [1.165, 1.54) is 10.9 Å². The molecule has 1 aromatic carbocycles. The zero-order valence-electron chi connectivity index (χ0n) is 11.1. The first-order chi connectivity index (χ1) is 9.40. The summed E-state index contributed by atoms with van der Waals surface area (Å²) in [7, 11) is 0. The predicted octanol–water partition coefficient (Wildman–Crippen LogP) is 1.94. The summed E-state index contributed by atoms with van der Waals surface area (Å²) in [5.74, 6) is -2.65. The highest BCUT2D eigenvalue weighted by atomic mass is 16.4. The molecule has 0 saturated heterocycles. The Morgan fingerprint density at radius 3 is 2.40 bits per heavy atom. The highest BCUT2D eigenvalue weighted by Gasteiger charge is 2.22. The largest absolute Gasteiger partial charge is 0.476 e. The fourth-order valence-electron chi connectivity index (χ4n) is 1.98. The van der Waals surface area contributed by atoms with E-state index in [0.717, 1.165) is 16.7 Å². The Balaban J connectivity index is 2.41. The van der Waals surface area contributed by atoms with Crippen LogP contribution in [0.5, 0.6) is 0 Å². The Morgan fingerprint density at radius 2 is 1.85 bits per heavy atom. The van der Waals surface area contributed by atoms with E-state index >= 15 is 0 Å². The molecule has 20 heavy (non-hydrogen) atoms. The average molecular weight is 274 g/mol. The van der Waals surface area contributed by atoms with Crippen LogP contribution < -0.4 is 0 Å². The molecule has 0 aliphatic carbocycles. The number of carboxylic acids is 2. The first kappa shape index (κ1) is 13.8. The van der Waals surface area contributed by atoms with Gasteiger partial charge in [0, 0.05) is 6.54 Å². The molecule has 6 heteroatoms. The lowest BCUT2D eigenvalue weighted by Gasteiger charge is -2.08. The minimum absolute atomic E-state index is 0.267. The lowest BCUT2D eigenvalue weighted by molar-refractivity contribution is 0.0640. The van der Waals surface area contributed by atoms with Crippen LogP contribution in [0, 0.1) is 13.8 Å². The van der Waals surface area contributed by atoms with Crippen LogP contribution in [0.25, 0.3) is 0 Å². The third-order valence-corrected chi connectivity index (χ3v) is 3.17. The topological polar surface area (TPSA) is 92.4 Å². The smallest absolute Gasteiger partial charge is 0.357 e. The second-order valence-corrected chi connectivity index (χ2v) is 4.60. The summed E-state index contributed by atoms with van der Waals surface area (Å²) in [6, 6.07) is 5.77. The van der Waals surface area contributed by atoms with E-state index in [1.54, 1.807) is 0 Å². The molecule has 0 saturated carbocycles. The van der Waals surface area contributed by atoms with Gasteiger partial charge < -0.3 is 14.8 Å². The number of carboxylic acid groups (broad SMARTS) is 2. The molecule has 0 radical (unpaired) electrons. The van der Waals surface area contributed by atoms with Crippen LogP contribution in [-0.2, 0) is 6.54 Å². The normalized spacial score (nSPS) is 10.5. The van der Waals surface area contributed by atoms with E-state index in [0.29, 0.717) is 0 Å². The van der Waals surface area contributed by atoms with Crippen molar-refractivity contribution in [1.29, 1.82) is 0 Å². The van der Waals surface area contributed by atoms with Gasteiger partial charge in [-0.3, -0.25) is 0 Å². The van der Waals surface area contributed by atoms with Crippen molar-refractivity contribution in [1.82, 2.24) is 9.55 Å². The predicted molar refractivity (Wildman–Crippen MR) is 71.2 cm³/mol. The van der Waals surface area contributed by atoms with Gasteiger partial charge in [-0.05, 0) is 30.5 Å². The molecule has 1 heterocycles. The Morgan fingerprint density at radius 1 is 1.15 bits per heavy atom. The maximum Gasteiger partial charge on any atom is 0.357 e. The quantitative estimate of drug-likeness (QED) is 0.888. The Kier molecular flexibility index (Phi) is 3.56. The van der Waals surface area contributed by atoms with Crippen LogP contribution >= 0.6 is 0 Å². The van der Waals surface area contributed by atoms with E-state index in [-0.39, 0.29) is 12.2 Å². The number of aromatic carboxylic acids is 2. The molecule has 2 N–H and O–H groups in total.